The third-order valence-electron chi connectivity index (χ3n) is 3.80. The van der Waals surface area contributed by atoms with Crippen LogP contribution in [-0.2, 0) is 19.2 Å². The Bertz CT molecular complexity index is 952. The van der Waals surface area contributed by atoms with Crippen LogP contribution in [-0.4, -0.2) is 34.3 Å². The van der Waals surface area contributed by atoms with Gasteiger partial charge >= 0.3 is 5.97 Å². The summed E-state index contributed by atoms with van der Waals surface area (Å²) in [7, 11) is 0. The van der Waals surface area contributed by atoms with Crippen LogP contribution < -0.4 is 5.73 Å². The van der Waals surface area contributed by atoms with E-state index in [0.29, 0.717) is 6.29 Å². The van der Waals surface area contributed by atoms with E-state index in [1.165, 1.54) is 5.38 Å². The minimum atomic E-state index is -1.44. The lowest BCUT2D eigenvalue weighted by Gasteiger charge is -2.21. The number of benzene rings is 2. The smallest absolute Gasteiger partial charge is 0.360 e. The molecule has 0 aliphatic heterocycles. The average Bonchev–Trinajstić information content (AvgIpc) is 3.17. The summed E-state index contributed by atoms with van der Waals surface area (Å²) >= 11 is 1.06. The molecule has 1 atom stereocenters. The summed E-state index contributed by atoms with van der Waals surface area (Å²) in [5, 5.41) is 14.5. The standard InChI is InChI=1S/C20H17N3O5S/c21-20-22-15(12-29-20)17(19(25)26)23-28-16(11-24)27-18(13-7-3-1-4-8-13)14-9-5-2-6-10-14/h1-12,16,18H,(H2,21,22)(H,25,26)/b23-17-. The molecule has 8 nitrogen and oxygen atoms in total. The number of nitrogens with two attached hydrogens (primary N) is 1. The maximum atomic E-state index is 11.5. The molecule has 0 aliphatic rings. The third-order valence-corrected chi connectivity index (χ3v) is 4.47. The van der Waals surface area contributed by atoms with Gasteiger partial charge in [0.05, 0.1) is 0 Å². The van der Waals surface area contributed by atoms with E-state index in [1.807, 2.05) is 60.7 Å². The first-order valence-corrected chi connectivity index (χ1v) is 9.35. The van der Waals surface area contributed by atoms with E-state index >= 15 is 0 Å². The van der Waals surface area contributed by atoms with Crippen LogP contribution in [0.5, 0.6) is 0 Å². The van der Waals surface area contributed by atoms with Gasteiger partial charge in [-0.05, 0) is 11.1 Å². The first-order chi connectivity index (χ1) is 14.1. The number of hydrogen-bond acceptors (Lipinski definition) is 8. The fourth-order valence-electron chi connectivity index (χ4n) is 2.52. The number of aromatic nitrogens is 1. The zero-order valence-electron chi connectivity index (χ0n) is 15.0. The lowest BCUT2D eigenvalue weighted by Crippen LogP contribution is -2.23. The van der Waals surface area contributed by atoms with Gasteiger partial charge in [-0.25, -0.2) is 9.78 Å². The largest absolute Gasteiger partial charge is 0.476 e. The Hall–Kier alpha value is -3.56. The molecule has 29 heavy (non-hydrogen) atoms. The van der Waals surface area contributed by atoms with Crippen molar-refractivity contribution in [2.75, 3.05) is 5.73 Å². The molecule has 1 aromatic heterocycles. The van der Waals surface area contributed by atoms with Crippen molar-refractivity contribution in [2.24, 2.45) is 5.16 Å². The number of ether oxygens (including phenoxy) is 1. The molecule has 3 rings (SSSR count). The zero-order valence-corrected chi connectivity index (χ0v) is 15.9. The number of carboxylic acids is 1. The topological polar surface area (TPSA) is 124 Å². The van der Waals surface area contributed by atoms with Gasteiger partial charge in [-0.15, -0.1) is 11.3 Å². The number of oxime groups is 1. The number of aliphatic carboxylic acids is 1. The Morgan fingerprint density at radius 1 is 1.10 bits per heavy atom. The monoisotopic (exact) mass is 411 g/mol. The number of nitrogens with zero attached hydrogens (tertiary/aromatic N) is 2. The van der Waals surface area contributed by atoms with Gasteiger partial charge in [-0.2, -0.15) is 0 Å². The van der Waals surface area contributed by atoms with E-state index in [1.54, 1.807) is 0 Å². The van der Waals surface area contributed by atoms with Crippen LogP contribution in [0.2, 0.25) is 0 Å². The summed E-state index contributed by atoms with van der Waals surface area (Å²) in [5.74, 6) is -1.37. The van der Waals surface area contributed by atoms with Crippen LogP contribution in [0.25, 0.3) is 0 Å². The minimum Gasteiger partial charge on any atom is -0.476 e. The first-order valence-electron chi connectivity index (χ1n) is 8.47. The molecule has 1 heterocycles. The van der Waals surface area contributed by atoms with Crippen molar-refractivity contribution in [2.45, 2.75) is 12.4 Å². The number of rotatable bonds is 9. The van der Waals surface area contributed by atoms with Crippen LogP contribution in [0.15, 0.2) is 71.2 Å². The second-order valence-corrected chi connectivity index (χ2v) is 6.65. The molecule has 0 fully saturated rings. The highest BCUT2D eigenvalue weighted by molar-refractivity contribution is 7.13. The summed E-state index contributed by atoms with van der Waals surface area (Å²) in [6.07, 6.45) is -1.66. The molecule has 0 radical (unpaired) electrons. The zero-order chi connectivity index (χ0) is 20.6. The molecule has 3 aromatic rings. The molecule has 0 saturated heterocycles. The number of nitrogen functional groups attached to an aromatic ring is 1. The van der Waals surface area contributed by atoms with E-state index in [2.05, 4.69) is 10.1 Å². The van der Waals surface area contributed by atoms with Gasteiger partial charge in [0, 0.05) is 5.38 Å². The Kier molecular flexibility index (Phi) is 6.67. The lowest BCUT2D eigenvalue weighted by atomic mass is 10.0. The fraction of sp³-hybridized carbons (Fsp3) is 0.100. The summed E-state index contributed by atoms with van der Waals surface area (Å²) in [4.78, 5) is 31.9. The van der Waals surface area contributed by atoms with Gasteiger partial charge in [0.1, 0.15) is 11.8 Å². The number of carbonyl (C=O) groups is 2. The maximum absolute atomic E-state index is 11.5. The van der Waals surface area contributed by atoms with Crippen molar-refractivity contribution < 1.29 is 24.3 Å². The van der Waals surface area contributed by atoms with Crippen LogP contribution >= 0.6 is 11.3 Å². The van der Waals surface area contributed by atoms with Crippen molar-refractivity contribution >= 4 is 34.4 Å². The van der Waals surface area contributed by atoms with Gasteiger partial charge in [-0.1, -0.05) is 65.8 Å². The predicted octanol–water partition coefficient (Wildman–Crippen LogP) is 2.86. The summed E-state index contributed by atoms with van der Waals surface area (Å²) in [5.41, 5.74) is 6.67. The van der Waals surface area contributed by atoms with Crippen molar-refractivity contribution in [1.29, 1.82) is 0 Å². The molecule has 0 amide bonds. The Morgan fingerprint density at radius 3 is 2.14 bits per heavy atom. The predicted molar refractivity (Wildman–Crippen MR) is 107 cm³/mol. The van der Waals surface area contributed by atoms with Crippen LogP contribution in [0.1, 0.15) is 22.9 Å². The second-order valence-electron chi connectivity index (χ2n) is 5.76. The molecule has 1 unspecified atom stereocenters. The first kappa shape index (κ1) is 20.2. The molecular weight excluding hydrogens is 394 g/mol. The highest BCUT2D eigenvalue weighted by atomic mass is 32.1. The van der Waals surface area contributed by atoms with E-state index < -0.39 is 24.1 Å². The van der Waals surface area contributed by atoms with Crippen LogP contribution in [0.4, 0.5) is 5.13 Å². The summed E-state index contributed by atoms with van der Waals surface area (Å²) < 4.78 is 5.81. The molecule has 3 N–H and O–H groups in total. The van der Waals surface area contributed by atoms with E-state index in [-0.39, 0.29) is 10.8 Å². The van der Waals surface area contributed by atoms with Crippen molar-refractivity contribution in [3.63, 3.8) is 0 Å². The van der Waals surface area contributed by atoms with Gasteiger partial charge < -0.3 is 20.4 Å². The molecule has 0 aliphatic carbocycles. The van der Waals surface area contributed by atoms with Gasteiger partial charge in [0.25, 0.3) is 6.29 Å². The molecule has 0 bridgehead atoms. The lowest BCUT2D eigenvalue weighted by molar-refractivity contribution is -0.169. The molecule has 0 saturated carbocycles. The normalized spacial score (nSPS) is 12.5. The third kappa shape index (κ3) is 5.24. The molecule has 148 valence electrons. The molecule has 2 aromatic carbocycles. The Labute approximate surface area is 170 Å². The fourth-order valence-corrected chi connectivity index (χ4v) is 3.07. The number of hydrogen-bond donors (Lipinski definition) is 2. The maximum Gasteiger partial charge on any atom is 0.360 e. The van der Waals surface area contributed by atoms with E-state index in [0.717, 1.165) is 22.5 Å². The summed E-state index contributed by atoms with van der Waals surface area (Å²) in [6.45, 7) is 0. The SMILES string of the molecule is Nc1nc(/C(=N/OC(C=O)OC(c2ccccc2)c2ccccc2)C(=O)O)cs1. The van der Waals surface area contributed by atoms with Crippen molar-refractivity contribution in [3.05, 3.63) is 82.9 Å². The number of anilines is 1. The Balaban J connectivity index is 1.84. The summed E-state index contributed by atoms with van der Waals surface area (Å²) in [6, 6.07) is 18.5. The quantitative estimate of drug-likeness (QED) is 0.240. The van der Waals surface area contributed by atoms with Gasteiger partial charge in [0.2, 0.25) is 5.71 Å². The van der Waals surface area contributed by atoms with Crippen LogP contribution in [0, 0.1) is 0 Å². The van der Waals surface area contributed by atoms with Crippen molar-refractivity contribution in [3.8, 4) is 0 Å². The highest BCUT2D eigenvalue weighted by Gasteiger charge is 2.23. The van der Waals surface area contributed by atoms with E-state index in [9.17, 15) is 14.7 Å². The van der Waals surface area contributed by atoms with Crippen LogP contribution in [0.3, 0.4) is 0 Å². The molecule has 9 heteroatoms. The Morgan fingerprint density at radius 2 is 1.69 bits per heavy atom. The van der Waals surface area contributed by atoms with Gasteiger partial charge in [0.15, 0.2) is 11.4 Å². The number of carboxylic acid groups (broad SMARTS) is 1. The number of carbonyl (C=O) groups excluding carboxylic acids is 1. The molecule has 0 spiro atoms. The average molecular weight is 411 g/mol. The van der Waals surface area contributed by atoms with Gasteiger partial charge in [-0.3, -0.25) is 4.79 Å². The highest BCUT2D eigenvalue weighted by Crippen LogP contribution is 2.27. The van der Waals surface area contributed by atoms with E-state index in [4.69, 9.17) is 15.3 Å². The number of thiazole rings is 1. The van der Waals surface area contributed by atoms with Crippen molar-refractivity contribution in [1.82, 2.24) is 4.98 Å². The number of aldehydes is 1. The molecular formula is C20H17N3O5S. The second kappa shape index (κ2) is 9.58. The minimum absolute atomic E-state index is 0.0346.